The van der Waals surface area contributed by atoms with Gasteiger partial charge in [-0.1, -0.05) is 19.8 Å². The maximum Gasteiger partial charge on any atom is 0.258 e. The van der Waals surface area contributed by atoms with E-state index in [4.69, 9.17) is 9.47 Å². The molecule has 1 aliphatic carbocycles. The number of benzene rings is 1. The highest BCUT2D eigenvalue weighted by Crippen LogP contribution is 2.32. The standard InChI is InChI=1S/C17H22BrNO4/c1-11-5-3-4-6-14(11)19-17(21)10-23-16-7-12(9-20)13(18)8-15(16)22-2/h7-9,11,14H,3-6,10H2,1-2H3,(H,19,21)/t11-,14+/m1/s1. The van der Waals surface area contributed by atoms with E-state index in [0.29, 0.717) is 27.5 Å². The van der Waals surface area contributed by atoms with Crippen molar-refractivity contribution >= 4 is 28.1 Å². The first-order valence-corrected chi connectivity index (χ1v) is 8.59. The summed E-state index contributed by atoms with van der Waals surface area (Å²) in [7, 11) is 1.51. The van der Waals surface area contributed by atoms with Crippen LogP contribution in [0.1, 0.15) is 43.0 Å². The molecule has 0 spiro atoms. The normalized spacial score (nSPS) is 20.7. The van der Waals surface area contributed by atoms with E-state index in [1.54, 1.807) is 12.1 Å². The summed E-state index contributed by atoms with van der Waals surface area (Å²) in [6.07, 6.45) is 5.27. The average Bonchev–Trinajstić information content (AvgIpc) is 2.55. The number of amides is 1. The van der Waals surface area contributed by atoms with E-state index in [0.717, 1.165) is 25.5 Å². The summed E-state index contributed by atoms with van der Waals surface area (Å²) in [4.78, 5) is 23.1. The van der Waals surface area contributed by atoms with Crippen LogP contribution in [0.25, 0.3) is 0 Å². The minimum absolute atomic E-state index is 0.0977. The van der Waals surface area contributed by atoms with Crippen LogP contribution in [0.4, 0.5) is 0 Å². The summed E-state index contributed by atoms with van der Waals surface area (Å²) in [5.41, 5.74) is 0.446. The fourth-order valence-electron chi connectivity index (χ4n) is 2.84. The van der Waals surface area contributed by atoms with Gasteiger partial charge >= 0.3 is 0 Å². The van der Waals surface area contributed by atoms with Gasteiger partial charge in [-0.25, -0.2) is 0 Å². The third-order valence-electron chi connectivity index (χ3n) is 4.23. The summed E-state index contributed by atoms with van der Waals surface area (Å²) in [6, 6.07) is 3.43. The van der Waals surface area contributed by atoms with Gasteiger partial charge < -0.3 is 14.8 Å². The average molecular weight is 384 g/mol. The van der Waals surface area contributed by atoms with Gasteiger partial charge in [0.25, 0.3) is 5.91 Å². The van der Waals surface area contributed by atoms with Crippen molar-refractivity contribution in [3.8, 4) is 11.5 Å². The van der Waals surface area contributed by atoms with E-state index in [1.807, 2.05) is 0 Å². The molecular formula is C17H22BrNO4. The highest BCUT2D eigenvalue weighted by atomic mass is 79.9. The lowest BCUT2D eigenvalue weighted by Gasteiger charge is -2.29. The van der Waals surface area contributed by atoms with Crippen LogP contribution in [0.3, 0.4) is 0 Å². The van der Waals surface area contributed by atoms with Crippen LogP contribution in [-0.2, 0) is 4.79 Å². The Morgan fingerprint density at radius 2 is 2.09 bits per heavy atom. The van der Waals surface area contributed by atoms with Gasteiger partial charge in [0, 0.05) is 16.1 Å². The summed E-state index contributed by atoms with van der Waals surface area (Å²) in [6.45, 7) is 2.07. The van der Waals surface area contributed by atoms with Gasteiger partial charge in [0.15, 0.2) is 24.4 Å². The summed E-state index contributed by atoms with van der Waals surface area (Å²) < 4.78 is 11.4. The number of aldehydes is 1. The molecule has 1 aliphatic rings. The molecule has 0 aromatic heterocycles. The Balaban J connectivity index is 1.96. The molecule has 1 aromatic carbocycles. The van der Waals surface area contributed by atoms with E-state index in [2.05, 4.69) is 28.2 Å². The second kappa shape index (κ2) is 8.34. The maximum absolute atomic E-state index is 12.1. The van der Waals surface area contributed by atoms with Crippen molar-refractivity contribution in [2.45, 2.75) is 38.6 Å². The first-order chi connectivity index (χ1) is 11.0. The van der Waals surface area contributed by atoms with Gasteiger partial charge in [-0.3, -0.25) is 9.59 Å². The van der Waals surface area contributed by atoms with Crippen LogP contribution in [-0.4, -0.2) is 32.0 Å². The Morgan fingerprint density at radius 3 is 2.74 bits per heavy atom. The zero-order valence-electron chi connectivity index (χ0n) is 13.4. The van der Waals surface area contributed by atoms with E-state index < -0.39 is 0 Å². The van der Waals surface area contributed by atoms with Crippen molar-refractivity contribution in [1.29, 1.82) is 0 Å². The molecule has 1 N–H and O–H groups in total. The van der Waals surface area contributed by atoms with Crippen LogP contribution in [0, 0.1) is 5.92 Å². The van der Waals surface area contributed by atoms with E-state index in [-0.39, 0.29) is 18.6 Å². The number of carbonyl (C=O) groups excluding carboxylic acids is 2. The van der Waals surface area contributed by atoms with Gasteiger partial charge in [-0.2, -0.15) is 0 Å². The molecule has 0 radical (unpaired) electrons. The van der Waals surface area contributed by atoms with Gasteiger partial charge in [0.05, 0.1) is 7.11 Å². The predicted octanol–water partition coefficient (Wildman–Crippen LogP) is 3.34. The lowest BCUT2D eigenvalue weighted by molar-refractivity contribution is -0.124. The molecular weight excluding hydrogens is 362 g/mol. The molecule has 0 bridgehead atoms. The first-order valence-electron chi connectivity index (χ1n) is 7.80. The van der Waals surface area contributed by atoms with E-state index >= 15 is 0 Å². The molecule has 2 rings (SSSR count). The van der Waals surface area contributed by atoms with Gasteiger partial charge in [-0.05, 0) is 46.8 Å². The summed E-state index contributed by atoms with van der Waals surface area (Å²) in [5, 5.41) is 3.03. The number of carbonyl (C=O) groups is 2. The Labute approximate surface area is 144 Å². The van der Waals surface area contributed by atoms with Crippen molar-refractivity contribution < 1.29 is 19.1 Å². The number of rotatable bonds is 6. The lowest BCUT2D eigenvalue weighted by Crippen LogP contribution is -2.43. The zero-order valence-corrected chi connectivity index (χ0v) is 15.0. The number of methoxy groups -OCH3 is 1. The van der Waals surface area contributed by atoms with Crippen LogP contribution in [0.5, 0.6) is 11.5 Å². The fraction of sp³-hybridized carbons (Fsp3) is 0.529. The zero-order chi connectivity index (χ0) is 16.8. The minimum Gasteiger partial charge on any atom is -0.493 e. The number of hydrogen-bond donors (Lipinski definition) is 1. The minimum atomic E-state index is -0.152. The Kier molecular flexibility index (Phi) is 6.45. The molecule has 1 saturated carbocycles. The monoisotopic (exact) mass is 383 g/mol. The van der Waals surface area contributed by atoms with Crippen LogP contribution < -0.4 is 14.8 Å². The van der Waals surface area contributed by atoms with Crippen molar-refractivity contribution in [3.63, 3.8) is 0 Å². The summed E-state index contributed by atoms with van der Waals surface area (Å²) >= 11 is 3.29. The molecule has 5 nitrogen and oxygen atoms in total. The largest absolute Gasteiger partial charge is 0.493 e. The second-order valence-electron chi connectivity index (χ2n) is 5.87. The van der Waals surface area contributed by atoms with E-state index in [9.17, 15) is 9.59 Å². The van der Waals surface area contributed by atoms with Crippen LogP contribution >= 0.6 is 15.9 Å². The Morgan fingerprint density at radius 1 is 1.35 bits per heavy atom. The molecule has 0 aliphatic heterocycles. The maximum atomic E-state index is 12.1. The summed E-state index contributed by atoms with van der Waals surface area (Å²) in [5.74, 6) is 1.20. The molecule has 6 heteroatoms. The number of nitrogens with one attached hydrogen (secondary N) is 1. The number of hydrogen-bond acceptors (Lipinski definition) is 4. The molecule has 0 saturated heterocycles. The first kappa shape index (κ1) is 17.8. The van der Waals surface area contributed by atoms with Crippen molar-refractivity contribution in [2.75, 3.05) is 13.7 Å². The second-order valence-corrected chi connectivity index (χ2v) is 6.72. The highest BCUT2D eigenvalue weighted by molar-refractivity contribution is 9.10. The van der Waals surface area contributed by atoms with Crippen molar-refractivity contribution in [3.05, 3.63) is 22.2 Å². The van der Waals surface area contributed by atoms with Crippen molar-refractivity contribution in [2.24, 2.45) is 5.92 Å². The molecule has 0 heterocycles. The van der Waals surface area contributed by atoms with Crippen LogP contribution in [0.15, 0.2) is 16.6 Å². The van der Waals surface area contributed by atoms with Crippen molar-refractivity contribution in [1.82, 2.24) is 5.32 Å². The van der Waals surface area contributed by atoms with Gasteiger partial charge in [0.1, 0.15) is 0 Å². The molecule has 126 valence electrons. The predicted molar refractivity (Wildman–Crippen MR) is 91.1 cm³/mol. The lowest BCUT2D eigenvalue weighted by atomic mass is 9.86. The Bertz CT molecular complexity index is 576. The molecule has 23 heavy (non-hydrogen) atoms. The molecule has 1 fully saturated rings. The van der Waals surface area contributed by atoms with E-state index in [1.165, 1.54) is 13.5 Å². The topological polar surface area (TPSA) is 64.6 Å². The number of halogens is 1. The quantitative estimate of drug-likeness (QED) is 0.765. The highest BCUT2D eigenvalue weighted by Gasteiger charge is 2.23. The number of ether oxygens (including phenoxy) is 2. The van der Waals surface area contributed by atoms with Crippen LogP contribution in [0.2, 0.25) is 0 Å². The SMILES string of the molecule is COc1cc(Br)c(C=O)cc1OCC(=O)N[C@H]1CCCC[C@H]1C. The Hall–Kier alpha value is -1.56. The van der Waals surface area contributed by atoms with Gasteiger partial charge in [0.2, 0.25) is 0 Å². The van der Waals surface area contributed by atoms with Gasteiger partial charge in [-0.15, -0.1) is 0 Å². The molecule has 0 unspecified atom stereocenters. The third kappa shape index (κ3) is 4.70. The molecule has 2 atom stereocenters. The smallest absolute Gasteiger partial charge is 0.258 e. The molecule has 1 amide bonds. The molecule has 1 aromatic rings. The third-order valence-corrected chi connectivity index (χ3v) is 4.91. The fourth-order valence-corrected chi connectivity index (χ4v) is 3.25.